The van der Waals surface area contributed by atoms with E-state index in [1.54, 1.807) is 23.1 Å². The van der Waals surface area contributed by atoms with Gasteiger partial charge in [-0.25, -0.2) is 14.5 Å². The van der Waals surface area contributed by atoms with Crippen LogP contribution in [-0.4, -0.2) is 42.5 Å². The first-order valence-electron chi connectivity index (χ1n) is 9.41. The SMILES string of the molecule is N#Cc1cnn2cc(-c3cnn([C@H]4CCCNC4)c3)cc(Sc3cncnc3)c12. The van der Waals surface area contributed by atoms with E-state index in [0.717, 1.165) is 52.4 Å². The molecule has 4 aromatic rings. The first-order valence-corrected chi connectivity index (χ1v) is 10.2. The summed E-state index contributed by atoms with van der Waals surface area (Å²) in [5.74, 6) is 0. The van der Waals surface area contributed by atoms with Crippen LogP contribution in [-0.2, 0) is 0 Å². The number of aromatic nitrogens is 6. The summed E-state index contributed by atoms with van der Waals surface area (Å²) < 4.78 is 3.81. The predicted molar refractivity (Wildman–Crippen MR) is 108 cm³/mol. The van der Waals surface area contributed by atoms with Gasteiger partial charge in [0.15, 0.2) is 0 Å². The molecule has 1 N–H and O–H groups in total. The standard InChI is InChI=1S/C20H18N8S/c21-5-15-6-26-28-11-14(4-19(20(15)28)29-18-9-23-13-24-10-18)16-7-25-27(12-16)17-2-1-3-22-8-17/h4,6-7,9-13,17,22H,1-3,8H2/t17-/m0/s1. The maximum absolute atomic E-state index is 9.49. The summed E-state index contributed by atoms with van der Waals surface area (Å²) in [6.07, 6.45) is 14.9. The van der Waals surface area contributed by atoms with E-state index in [9.17, 15) is 5.26 Å². The average molecular weight is 402 g/mol. The summed E-state index contributed by atoms with van der Waals surface area (Å²) >= 11 is 1.52. The van der Waals surface area contributed by atoms with E-state index in [1.165, 1.54) is 18.1 Å². The highest BCUT2D eigenvalue weighted by molar-refractivity contribution is 7.99. The molecule has 4 aromatic heterocycles. The van der Waals surface area contributed by atoms with Crippen LogP contribution < -0.4 is 5.32 Å². The molecule has 1 atom stereocenters. The first-order chi connectivity index (χ1) is 14.3. The minimum atomic E-state index is 0.381. The lowest BCUT2D eigenvalue weighted by Crippen LogP contribution is -2.31. The van der Waals surface area contributed by atoms with E-state index >= 15 is 0 Å². The van der Waals surface area contributed by atoms with Gasteiger partial charge in [-0.2, -0.15) is 15.5 Å². The van der Waals surface area contributed by atoms with Crippen molar-refractivity contribution in [3.63, 3.8) is 0 Å². The van der Waals surface area contributed by atoms with Gasteiger partial charge in [-0.15, -0.1) is 0 Å². The number of nitriles is 1. The average Bonchev–Trinajstić information content (AvgIpc) is 3.42. The topological polar surface area (TPSA) is 96.7 Å². The summed E-state index contributed by atoms with van der Waals surface area (Å²) in [5, 5.41) is 21.9. The lowest BCUT2D eigenvalue weighted by molar-refractivity contribution is 0.347. The zero-order chi connectivity index (χ0) is 19.6. The van der Waals surface area contributed by atoms with E-state index in [4.69, 9.17) is 0 Å². The van der Waals surface area contributed by atoms with Gasteiger partial charge in [-0.1, -0.05) is 11.8 Å². The highest BCUT2D eigenvalue weighted by Crippen LogP contribution is 2.35. The molecule has 1 fully saturated rings. The Morgan fingerprint density at radius 3 is 2.79 bits per heavy atom. The Balaban J connectivity index is 1.56. The predicted octanol–water partition coefficient (Wildman–Crippen LogP) is 2.94. The zero-order valence-electron chi connectivity index (χ0n) is 15.6. The number of piperidine rings is 1. The molecule has 0 saturated carbocycles. The van der Waals surface area contributed by atoms with Gasteiger partial charge >= 0.3 is 0 Å². The lowest BCUT2D eigenvalue weighted by atomic mass is 10.1. The van der Waals surface area contributed by atoms with Crippen molar-refractivity contribution in [2.75, 3.05) is 13.1 Å². The number of nitrogens with one attached hydrogen (secondary N) is 1. The second-order valence-corrected chi connectivity index (χ2v) is 8.06. The van der Waals surface area contributed by atoms with E-state index < -0.39 is 0 Å². The van der Waals surface area contributed by atoms with Crippen LogP contribution >= 0.6 is 11.8 Å². The van der Waals surface area contributed by atoms with Crippen LogP contribution in [0.3, 0.4) is 0 Å². The molecule has 1 aliphatic rings. The molecule has 1 saturated heterocycles. The van der Waals surface area contributed by atoms with Crippen molar-refractivity contribution < 1.29 is 0 Å². The number of hydrogen-bond donors (Lipinski definition) is 1. The van der Waals surface area contributed by atoms with E-state index in [-0.39, 0.29) is 0 Å². The third-order valence-electron chi connectivity index (χ3n) is 5.04. The van der Waals surface area contributed by atoms with E-state index in [0.29, 0.717) is 11.6 Å². The Kier molecular flexibility index (Phi) is 4.71. The molecule has 5 rings (SSSR count). The molecular weight excluding hydrogens is 384 g/mol. The molecule has 0 bridgehead atoms. The Hall–Kier alpha value is -3.22. The lowest BCUT2D eigenvalue weighted by Gasteiger charge is -2.22. The second kappa shape index (κ2) is 7.66. The van der Waals surface area contributed by atoms with Gasteiger partial charge in [0.2, 0.25) is 0 Å². The smallest absolute Gasteiger partial charge is 0.115 e. The van der Waals surface area contributed by atoms with Gasteiger partial charge in [0.25, 0.3) is 0 Å². The van der Waals surface area contributed by atoms with Gasteiger partial charge in [-0.05, 0) is 25.5 Å². The van der Waals surface area contributed by atoms with Crippen molar-refractivity contribution in [2.45, 2.75) is 28.7 Å². The maximum Gasteiger partial charge on any atom is 0.115 e. The Labute approximate surface area is 171 Å². The number of nitrogens with zero attached hydrogens (tertiary/aromatic N) is 7. The van der Waals surface area contributed by atoms with Crippen LogP contribution in [0.1, 0.15) is 24.4 Å². The van der Waals surface area contributed by atoms with Gasteiger partial charge in [0, 0.05) is 52.3 Å². The molecule has 29 heavy (non-hydrogen) atoms. The molecule has 8 nitrogen and oxygen atoms in total. The molecule has 0 spiro atoms. The van der Waals surface area contributed by atoms with Crippen LogP contribution in [0.5, 0.6) is 0 Å². The molecule has 1 aliphatic heterocycles. The van der Waals surface area contributed by atoms with Gasteiger partial charge in [0.1, 0.15) is 12.4 Å². The van der Waals surface area contributed by atoms with Crippen molar-refractivity contribution in [3.05, 3.63) is 55.1 Å². The third-order valence-corrected chi connectivity index (χ3v) is 6.02. The molecule has 5 heterocycles. The summed E-state index contributed by atoms with van der Waals surface area (Å²) in [5.41, 5.74) is 3.35. The Morgan fingerprint density at radius 2 is 2.00 bits per heavy atom. The minimum Gasteiger partial charge on any atom is -0.315 e. The van der Waals surface area contributed by atoms with Crippen LogP contribution in [0.4, 0.5) is 0 Å². The number of rotatable bonds is 4. The summed E-state index contributed by atoms with van der Waals surface area (Å²) in [4.78, 5) is 10.0. The normalized spacial score (nSPS) is 16.7. The molecular formula is C20H18N8S. The maximum atomic E-state index is 9.49. The third kappa shape index (κ3) is 3.48. The number of pyridine rings is 1. The highest BCUT2D eigenvalue weighted by Gasteiger charge is 2.18. The fraction of sp³-hybridized carbons (Fsp3) is 0.250. The fourth-order valence-corrected chi connectivity index (χ4v) is 4.58. The second-order valence-electron chi connectivity index (χ2n) is 6.94. The van der Waals surface area contributed by atoms with Gasteiger partial charge in [0.05, 0.1) is 29.5 Å². The van der Waals surface area contributed by atoms with Crippen molar-refractivity contribution in [1.82, 2.24) is 34.7 Å². The van der Waals surface area contributed by atoms with Crippen LogP contribution in [0.2, 0.25) is 0 Å². The van der Waals surface area contributed by atoms with Crippen molar-refractivity contribution in [2.24, 2.45) is 0 Å². The van der Waals surface area contributed by atoms with Gasteiger partial charge in [-0.3, -0.25) is 4.68 Å². The zero-order valence-corrected chi connectivity index (χ0v) is 16.4. The molecule has 0 amide bonds. The van der Waals surface area contributed by atoms with E-state index in [2.05, 4.69) is 43.8 Å². The molecule has 0 radical (unpaired) electrons. The Morgan fingerprint density at radius 1 is 1.10 bits per heavy atom. The van der Waals surface area contributed by atoms with Crippen molar-refractivity contribution in [3.8, 4) is 17.2 Å². The molecule has 0 unspecified atom stereocenters. The van der Waals surface area contributed by atoms with E-state index in [1.807, 2.05) is 17.1 Å². The quantitative estimate of drug-likeness (QED) is 0.560. The van der Waals surface area contributed by atoms with Crippen molar-refractivity contribution >= 4 is 17.3 Å². The fourth-order valence-electron chi connectivity index (χ4n) is 3.61. The minimum absolute atomic E-state index is 0.381. The van der Waals surface area contributed by atoms with Gasteiger partial charge < -0.3 is 5.32 Å². The molecule has 0 aliphatic carbocycles. The number of hydrogen-bond acceptors (Lipinski definition) is 7. The van der Waals surface area contributed by atoms with Crippen LogP contribution in [0.25, 0.3) is 16.6 Å². The highest BCUT2D eigenvalue weighted by atomic mass is 32.2. The summed E-state index contributed by atoms with van der Waals surface area (Å²) in [6.45, 7) is 2.02. The largest absolute Gasteiger partial charge is 0.315 e. The first kappa shape index (κ1) is 17.8. The number of fused-ring (bicyclic) bond motifs is 1. The van der Waals surface area contributed by atoms with Crippen LogP contribution in [0.15, 0.2) is 59.4 Å². The van der Waals surface area contributed by atoms with Crippen molar-refractivity contribution in [1.29, 1.82) is 5.26 Å². The molecule has 144 valence electrons. The summed E-state index contributed by atoms with van der Waals surface area (Å²) in [7, 11) is 0. The molecule has 0 aromatic carbocycles. The summed E-state index contributed by atoms with van der Waals surface area (Å²) in [6, 6.07) is 4.69. The molecule has 9 heteroatoms. The van der Waals surface area contributed by atoms with Crippen LogP contribution in [0, 0.1) is 11.3 Å². The monoisotopic (exact) mass is 402 g/mol. The Bertz CT molecular complexity index is 1180.